The van der Waals surface area contributed by atoms with Crippen LogP contribution in [0.2, 0.25) is 0 Å². The largest absolute Gasteiger partial charge is 0.339 e. The number of hydrogen-bond acceptors (Lipinski definition) is 3. The molecule has 1 aromatic rings. The molecule has 0 aliphatic carbocycles. The van der Waals surface area contributed by atoms with Gasteiger partial charge >= 0.3 is 0 Å². The van der Waals surface area contributed by atoms with Gasteiger partial charge in [-0.3, -0.25) is 9.59 Å². The van der Waals surface area contributed by atoms with Gasteiger partial charge in [-0.1, -0.05) is 12.1 Å². The average Bonchev–Trinajstić information content (AvgIpc) is 3.09. The molecule has 0 radical (unpaired) electrons. The molecule has 2 N–H and O–H groups in total. The van der Waals surface area contributed by atoms with Crippen LogP contribution in [0.3, 0.4) is 0 Å². The van der Waals surface area contributed by atoms with Gasteiger partial charge in [-0.05, 0) is 51.3 Å². The molecule has 3 rings (SSSR count). The van der Waals surface area contributed by atoms with Crippen molar-refractivity contribution in [3.8, 4) is 0 Å². The summed E-state index contributed by atoms with van der Waals surface area (Å²) < 4.78 is 0. The van der Waals surface area contributed by atoms with E-state index >= 15 is 0 Å². The lowest BCUT2D eigenvalue weighted by Crippen LogP contribution is -2.40. The van der Waals surface area contributed by atoms with Crippen LogP contribution in [0.5, 0.6) is 0 Å². The number of nitrogens with zero attached hydrogens (tertiary/aromatic N) is 1. The highest BCUT2D eigenvalue weighted by Gasteiger charge is 2.27. The summed E-state index contributed by atoms with van der Waals surface area (Å²) in [5.74, 6) is 0.0679. The normalized spacial score (nSPS) is 23.5. The lowest BCUT2D eigenvalue weighted by Gasteiger charge is -2.27. The van der Waals surface area contributed by atoms with Gasteiger partial charge in [-0.25, -0.2) is 0 Å². The molecule has 2 aliphatic rings. The van der Waals surface area contributed by atoms with Crippen molar-refractivity contribution in [2.75, 3.05) is 25.0 Å². The van der Waals surface area contributed by atoms with Crippen LogP contribution in [0.1, 0.15) is 43.0 Å². The Morgan fingerprint density at radius 1 is 1.21 bits per heavy atom. The van der Waals surface area contributed by atoms with Gasteiger partial charge in [0.05, 0.1) is 11.3 Å². The number of benzene rings is 1. The third-order valence-electron chi connectivity index (χ3n) is 4.80. The van der Waals surface area contributed by atoms with E-state index in [0.717, 1.165) is 45.3 Å². The van der Waals surface area contributed by atoms with Crippen LogP contribution < -0.4 is 10.6 Å². The second kappa shape index (κ2) is 8.49. The zero-order valence-corrected chi connectivity index (χ0v) is 14.9. The van der Waals surface area contributed by atoms with Crippen LogP contribution in [-0.2, 0) is 4.79 Å². The van der Waals surface area contributed by atoms with Crippen LogP contribution in [0, 0.1) is 5.92 Å². The predicted molar refractivity (Wildman–Crippen MR) is 97.6 cm³/mol. The fourth-order valence-corrected chi connectivity index (χ4v) is 3.47. The minimum absolute atomic E-state index is 0. The third kappa shape index (κ3) is 4.28. The molecule has 0 aromatic heterocycles. The summed E-state index contributed by atoms with van der Waals surface area (Å²) in [6.45, 7) is 4.59. The third-order valence-corrected chi connectivity index (χ3v) is 4.80. The summed E-state index contributed by atoms with van der Waals surface area (Å²) in [5, 5.41) is 6.35. The molecule has 5 nitrogen and oxygen atoms in total. The van der Waals surface area contributed by atoms with Gasteiger partial charge in [-0.15, -0.1) is 12.4 Å². The Labute approximate surface area is 149 Å². The van der Waals surface area contributed by atoms with Crippen LogP contribution in [0.15, 0.2) is 24.3 Å². The molecule has 2 fully saturated rings. The zero-order chi connectivity index (χ0) is 16.2. The SMILES string of the molecule is C[C@H]1C[C@@H](C(=O)Nc2ccccc2C(=O)N2CCCC2)CCN1.Cl. The maximum absolute atomic E-state index is 12.6. The molecular weight excluding hydrogens is 326 g/mol. The maximum atomic E-state index is 12.6. The molecule has 0 spiro atoms. The summed E-state index contributed by atoms with van der Waals surface area (Å²) >= 11 is 0. The van der Waals surface area contributed by atoms with Gasteiger partial charge in [0, 0.05) is 25.0 Å². The van der Waals surface area contributed by atoms with Crippen molar-refractivity contribution in [3.05, 3.63) is 29.8 Å². The van der Waals surface area contributed by atoms with E-state index in [2.05, 4.69) is 17.6 Å². The van der Waals surface area contributed by atoms with E-state index in [1.807, 2.05) is 23.1 Å². The summed E-state index contributed by atoms with van der Waals surface area (Å²) in [4.78, 5) is 27.1. The number of likely N-dealkylation sites (tertiary alicyclic amines) is 1. The van der Waals surface area contributed by atoms with Gasteiger partial charge in [0.2, 0.25) is 5.91 Å². The molecule has 2 atom stereocenters. The fourth-order valence-electron chi connectivity index (χ4n) is 3.47. The number of nitrogens with one attached hydrogen (secondary N) is 2. The van der Waals surface area contributed by atoms with Gasteiger partial charge in [0.1, 0.15) is 0 Å². The van der Waals surface area contributed by atoms with Crippen LogP contribution in [0.4, 0.5) is 5.69 Å². The first-order valence-corrected chi connectivity index (χ1v) is 8.57. The van der Waals surface area contributed by atoms with Crippen molar-refractivity contribution < 1.29 is 9.59 Å². The molecule has 6 heteroatoms. The second-order valence-corrected chi connectivity index (χ2v) is 6.61. The highest BCUT2D eigenvalue weighted by molar-refractivity contribution is 6.04. The zero-order valence-electron chi connectivity index (χ0n) is 14.1. The monoisotopic (exact) mass is 351 g/mol. The van der Waals surface area contributed by atoms with E-state index in [4.69, 9.17) is 0 Å². The first-order chi connectivity index (χ1) is 11.1. The summed E-state index contributed by atoms with van der Waals surface area (Å²) in [5.41, 5.74) is 1.24. The van der Waals surface area contributed by atoms with E-state index in [0.29, 0.717) is 17.3 Å². The molecular formula is C18H26ClN3O2. The molecule has 2 amide bonds. The molecule has 2 saturated heterocycles. The summed E-state index contributed by atoms with van der Waals surface area (Å²) in [7, 11) is 0. The molecule has 2 heterocycles. The highest BCUT2D eigenvalue weighted by Crippen LogP contribution is 2.23. The van der Waals surface area contributed by atoms with Crippen molar-refractivity contribution >= 4 is 29.9 Å². The average molecular weight is 352 g/mol. The first kappa shape index (κ1) is 18.7. The van der Waals surface area contributed by atoms with E-state index in [-0.39, 0.29) is 30.1 Å². The minimum atomic E-state index is 0. The number of rotatable bonds is 3. The van der Waals surface area contributed by atoms with Gasteiger partial charge in [0.25, 0.3) is 5.91 Å². The standard InChI is InChI=1S/C18H25N3O2.ClH/c1-13-12-14(8-9-19-13)17(22)20-16-7-3-2-6-15(16)18(23)21-10-4-5-11-21;/h2-3,6-7,13-14,19H,4-5,8-12H2,1H3,(H,20,22);1H/t13-,14-;/m0./s1. The number of halogens is 1. The van der Waals surface area contributed by atoms with E-state index in [1.165, 1.54) is 0 Å². The van der Waals surface area contributed by atoms with Crippen LogP contribution >= 0.6 is 12.4 Å². The number of hydrogen-bond donors (Lipinski definition) is 2. The van der Waals surface area contributed by atoms with E-state index in [9.17, 15) is 9.59 Å². The van der Waals surface area contributed by atoms with Crippen LogP contribution in [0.25, 0.3) is 0 Å². The minimum Gasteiger partial charge on any atom is -0.339 e. The van der Waals surface area contributed by atoms with Crippen molar-refractivity contribution in [2.45, 2.75) is 38.6 Å². The fraction of sp³-hybridized carbons (Fsp3) is 0.556. The first-order valence-electron chi connectivity index (χ1n) is 8.57. The van der Waals surface area contributed by atoms with E-state index in [1.54, 1.807) is 6.07 Å². The smallest absolute Gasteiger partial charge is 0.255 e. The Kier molecular flexibility index (Phi) is 6.63. The molecule has 2 aliphatic heterocycles. The maximum Gasteiger partial charge on any atom is 0.255 e. The molecule has 0 bridgehead atoms. The second-order valence-electron chi connectivity index (χ2n) is 6.61. The van der Waals surface area contributed by atoms with Gasteiger partial charge in [0.15, 0.2) is 0 Å². The molecule has 0 saturated carbocycles. The number of carbonyl (C=O) groups excluding carboxylic acids is 2. The van der Waals surface area contributed by atoms with Crippen molar-refractivity contribution in [2.24, 2.45) is 5.92 Å². The van der Waals surface area contributed by atoms with Crippen LogP contribution in [-0.4, -0.2) is 42.4 Å². The Morgan fingerprint density at radius 2 is 1.92 bits per heavy atom. The number of para-hydroxylation sites is 1. The Bertz CT molecular complexity index is 587. The Balaban J connectivity index is 0.00000208. The van der Waals surface area contributed by atoms with E-state index < -0.39 is 0 Å². The number of anilines is 1. The number of piperidine rings is 1. The van der Waals surface area contributed by atoms with Crippen molar-refractivity contribution in [1.82, 2.24) is 10.2 Å². The van der Waals surface area contributed by atoms with Gasteiger partial charge in [-0.2, -0.15) is 0 Å². The topological polar surface area (TPSA) is 61.4 Å². The molecule has 0 unspecified atom stereocenters. The summed E-state index contributed by atoms with van der Waals surface area (Å²) in [6.07, 6.45) is 3.81. The highest BCUT2D eigenvalue weighted by atomic mass is 35.5. The molecule has 1 aromatic carbocycles. The lowest BCUT2D eigenvalue weighted by molar-refractivity contribution is -0.120. The molecule has 132 valence electrons. The Morgan fingerprint density at radius 3 is 2.62 bits per heavy atom. The summed E-state index contributed by atoms with van der Waals surface area (Å²) in [6, 6.07) is 7.71. The van der Waals surface area contributed by atoms with Gasteiger partial charge < -0.3 is 15.5 Å². The molecule has 24 heavy (non-hydrogen) atoms. The number of carbonyl (C=O) groups is 2. The Hall–Kier alpha value is -1.59. The lowest BCUT2D eigenvalue weighted by atomic mass is 9.92. The predicted octanol–water partition coefficient (Wildman–Crippen LogP) is 2.67. The van der Waals surface area contributed by atoms with Crippen molar-refractivity contribution in [3.63, 3.8) is 0 Å². The number of amides is 2. The quantitative estimate of drug-likeness (QED) is 0.880. The van der Waals surface area contributed by atoms with Crippen molar-refractivity contribution in [1.29, 1.82) is 0 Å².